The molecule has 1 aromatic heterocycles. The van der Waals surface area contributed by atoms with Crippen LogP contribution in [0.4, 0.5) is 0 Å². The van der Waals surface area contributed by atoms with Gasteiger partial charge in [-0.05, 0) is 31.2 Å². The molecule has 2 heterocycles. The molecule has 0 saturated carbocycles. The van der Waals surface area contributed by atoms with Gasteiger partial charge < -0.3 is 44.5 Å². The first-order valence-electron chi connectivity index (χ1n) is 9.36. The molecule has 1 fully saturated rings. The van der Waals surface area contributed by atoms with Crippen molar-refractivity contribution in [3.8, 4) is 34.3 Å². The highest BCUT2D eigenvalue weighted by atomic mass is 16.7. The first-order valence-corrected chi connectivity index (χ1v) is 9.36. The fourth-order valence-electron chi connectivity index (χ4n) is 3.40. The molecule has 6 N–H and O–H groups in total. The lowest BCUT2D eigenvalue weighted by atomic mass is 10.00. The van der Waals surface area contributed by atoms with E-state index >= 15 is 0 Å². The number of benzene rings is 2. The fourth-order valence-corrected chi connectivity index (χ4v) is 3.40. The van der Waals surface area contributed by atoms with Gasteiger partial charge in [0.15, 0.2) is 5.76 Å². The zero-order chi connectivity index (χ0) is 22.4. The van der Waals surface area contributed by atoms with Crippen molar-refractivity contribution in [2.75, 3.05) is 0 Å². The number of rotatable bonds is 3. The summed E-state index contributed by atoms with van der Waals surface area (Å²) in [5, 5.41) is 59.7. The van der Waals surface area contributed by atoms with E-state index in [1.807, 2.05) is 0 Å². The molecule has 2 aromatic carbocycles. The lowest BCUT2D eigenvalue weighted by Gasteiger charge is -2.38. The summed E-state index contributed by atoms with van der Waals surface area (Å²) in [6.07, 6.45) is -6.93. The zero-order valence-electron chi connectivity index (χ0n) is 16.2. The van der Waals surface area contributed by atoms with Crippen LogP contribution in [-0.4, -0.2) is 61.3 Å². The molecule has 0 amide bonds. The molecule has 0 aliphatic carbocycles. The first-order chi connectivity index (χ1) is 14.7. The Morgan fingerprint density at radius 3 is 2.26 bits per heavy atom. The highest BCUT2D eigenvalue weighted by molar-refractivity contribution is 5.88. The van der Waals surface area contributed by atoms with Gasteiger partial charge >= 0.3 is 0 Å². The van der Waals surface area contributed by atoms with Crippen molar-refractivity contribution in [2.24, 2.45) is 0 Å². The Bertz CT molecular complexity index is 1170. The average Bonchev–Trinajstić information content (AvgIpc) is 2.73. The van der Waals surface area contributed by atoms with Crippen molar-refractivity contribution in [1.29, 1.82) is 0 Å². The van der Waals surface area contributed by atoms with E-state index in [4.69, 9.17) is 13.9 Å². The minimum absolute atomic E-state index is 0.0210. The Kier molecular flexibility index (Phi) is 5.23. The van der Waals surface area contributed by atoms with E-state index in [-0.39, 0.29) is 34.0 Å². The molecule has 1 aliphatic rings. The van der Waals surface area contributed by atoms with Gasteiger partial charge in [0.25, 0.3) is 0 Å². The quantitative estimate of drug-likeness (QED) is 0.348. The number of phenolic OH excluding ortho intramolecular Hbond substituents is 2. The van der Waals surface area contributed by atoms with Gasteiger partial charge in [0.1, 0.15) is 46.5 Å². The predicted octanol–water partition coefficient (Wildman–Crippen LogP) is 0.783. The number of fused-ring (bicyclic) bond motifs is 1. The summed E-state index contributed by atoms with van der Waals surface area (Å²) in [5.74, 6) is -1.55. The van der Waals surface area contributed by atoms with E-state index in [9.17, 15) is 35.4 Å². The van der Waals surface area contributed by atoms with Crippen molar-refractivity contribution >= 4 is 11.0 Å². The van der Waals surface area contributed by atoms with E-state index < -0.39 is 41.9 Å². The van der Waals surface area contributed by atoms with Crippen LogP contribution in [0.1, 0.15) is 6.92 Å². The minimum Gasteiger partial charge on any atom is -0.508 e. The molecule has 4 rings (SSSR count). The largest absolute Gasteiger partial charge is 0.508 e. The van der Waals surface area contributed by atoms with E-state index in [1.165, 1.54) is 31.2 Å². The van der Waals surface area contributed by atoms with Crippen LogP contribution in [0.2, 0.25) is 0 Å². The summed E-state index contributed by atoms with van der Waals surface area (Å²) in [6, 6.07) is 7.76. The third kappa shape index (κ3) is 3.66. The first kappa shape index (κ1) is 20.9. The number of aromatic hydroxyl groups is 3. The standard InChI is InChI=1S/C21H20O10/c1-8-15(24)17(26)19(28)21(29-8)31-13-7-11(23)6-12-14(13)16(25)18(27)20(30-12)9-2-4-10(22)5-3-9/h2-8,15,17,19,21-24,26-28H,1H3/t8-,15+,17+,19-,21+/m1/s1. The van der Waals surface area contributed by atoms with Gasteiger partial charge in [0.2, 0.25) is 17.5 Å². The highest BCUT2D eigenvalue weighted by Gasteiger charge is 2.43. The fraction of sp³-hybridized carbons (Fsp3) is 0.286. The molecule has 1 saturated heterocycles. The molecule has 31 heavy (non-hydrogen) atoms. The maximum absolute atomic E-state index is 12.9. The maximum Gasteiger partial charge on any atom is 0.238 e. The van der Waals surface area contributed by atoms with Crippen LogP contribution in [0.15, 0.2) is 45.6 Å². The SMILES string of the molecule is C[C@H]1O[C@@H](Oc2cc(O)cc3oc(-c4ccc(O)cc4)c(O)c(=O)c23)[C@H](O)[C@@H](O)[C@H]1O. The molecule has 0 bridgehead atoms. The monoisotopic (exact) mass is 432 g/mol. The highest BCUT2D eigenvalue weighted by Crippen LogP contribution is 2.37. The Balaban J connectivity index is 1.81. The Morgan fingerprint density at radius 2 is 1.58 bits per heavy atom. The lowest BCUT2D eigenvalue weighted by Crippen LogP contribution is -2.58. The Labute approximate surface area is 174 Å². The summed E-state index contributed by atoms with van der Waals surface area (Å²) >= 11 is 0. The van der Waals surface area contributed by atoms with E-state index in [2.05, 4.69) is 0 Å². The molecule has 10 heteroatoms. The minimum atomic E-state index is -1.65. The Hall–Kier alpha value is -3.31. The third-order valence-corrected chi connectivity index (χ3v) is 5.10. The van der Waals surface area contributed by atoms with Crippen LogP contribution in [0.25, 0.3) is 22.3 Å². The molecular formula is C21H20O10. The summed E-state index contributed by atoms with van der Waals surface area (Å²) in [5.41, 5.74) is -0.699. The molecule has 10 nitrogen and oxygen atoms in total. The predicted molar refractivity (Wildman–Crippen MR) is 106 cm³/mol. The van der Waals surface area contributed by atoms with Gasteiger partial charge in [-0.1, -0.05) is 0 Å². The van der Waals surface area contributed by atoms with Crippen molar-refractivity contribution in [3.05, 3.63) is 46.6 Å². The van der Waals surface area contributed by atoms with Crippen molar-refractivity contribution in [1.82, 2.24) is 0 Å². The number of ether oxygens (including phenoxy) is 2. The van der Waals surface area contributed by atoms with Crippen LogP contribution in [-0.2, 0) is 4.74 Å². The average molecular weight is 432 g/mol. The van der Waals surface area contributed by atoms with Gasteiger partial charge in [-0.2, -0.15) is 0 Å². The topological polar surface area (TPSA) is 170 Å². The number of aliphatic hydroxyl groups excluding tert-OH is 3. The molecule has 0 radical (unpaired) electrons. The van der Waals surface area contributed by atoms with Gasteiger partial charge in [-0.25, -0.2) is 0 Å². The van der Waals surface area contributed by atoms with E-state index in [0.29, 0.717) is 5.56 Å². The Morgan fingerprint density at radius 1 is 0.903 bits per heavy atom. The molecule has 1 aliphatic heterocycles. The third-order valence-electron chi connectivity index (χ3n) is 5.10. The van der Waals surface area contributed by atoms with Crippen LogP contribution in [0.3, 0.4) is 0 Å². The summed E-state index contributed by atoms with van der Waals surface area (Å²) in [6.45, 7) is 1.46. The molecule has 0 spiro atoms. The summed E-state index contributed by atoms with van der Waals surface area (Å²) in [4.78, 5) is 12.9. The van der Waals surface area contributed by atoms with Crippen molar-refractivity contribution in [2.45, 2.75) is 37.6 Å². The zero-order valence-corrected chi connectivity index (χ0v) is 16.2. The normalized spacial score (nSPS) is 26.1. The van der Waals surface area contributed by atoms with Crippen molar-refractivity contribution < 1.29 is 44.5 Å². The number of hydrogen-bond acceptors (Lipinski definition) is 10. The summed E-state index contributed by atoms with van der Waals surface area (Å²) < 4.78 is 16.5. The molecule has 5 atom stereocenters. The number of phenols is 2. The second-order valence-electron chi connectivity index (χ2n) is 7.27. The number of aliphatic hydroxyl groups is 3. The van der Waals surface area contributed by atoms with E-state index in [1.54, 1.807) is 0 Å². The smallest absolute Gasteiger partial charge is 0.238 e. The molecule has 3 aromatic rings. The van der Waals surface area contributed by atoms with Crippen LogP contribution in [0, 0.1) is 0 Å². The van der Waals surface area contributed by atoms with E-state index in [0.717, 1.165) is 12.1 Å². The molecule has 0 unspecified atom stereocenters. The van der Waals surface area contributed by atoms with Gasteiger partial charge in [-0.3, -0.25) is 4.79 Å². The van der Waals surface area contributed by atoms with Gasteiger partial charge in [-0.15, -0.1) is 0 Å². The second kappa shape index (κ2) is 7.75. The molecule has 164 valence electrons. The number of hydrogen-bond donors (Lipinski definition) is 6. The van der Waals surface area contributed by atoms with Gasteiger partial charge in [0, 0.05) is 17.7 Å². The lowest BCUT2D eigenvalue weighted by molar-refractivity contribution is -0.267. The molecular weight excluding hydrogens is 412 g/mol. The van der Waals surface area contributed by atoms with Gasteiger partial charge in [0.05, 0.1) is 6.10 Å². The van der Waals surface area contributed by atoms with Crippen molar-refractivity contribution in [3.63, 3.8) is 0 Å². The maximum atomic E-state index is 12.9. The summed E-state index contributed by atoms with van der Waals surface area (Å²) in [7, 11) is 0. The van der Waals surface area contributed by atoms with Crippen LogP contribution in [0.5, 0.6) is 23.0 Å². The van der Waals surface area contributed by atoms with Crippen LogP contribution >= 0.6 is 0 Å². The van der Waals surface area contributed by atoms with Crippen LogP contribution < -0.4 is 10.2 Å². The second-order valence-corrected chi connectivity index (χ2v) is 7.27.